The summed E-state index contributed by atoms with van der Waals surface area (Å²) < 4.78 is 0. The van der Waals surface area contributed by atoms with Crippen LogP contribution in [0.1, 0.15) is 55.8 Å². The van der Waals surface area contributed by atoms with E-state index in [0.717, 1.165) is 49.3 Å². The molecule has 1 aliphatic heterocycles. The van der Waals surface area contributed by atoms with Gasteiger partial charge in [-0.2, -0.15) is 5.10 Å². The SMILES string of the molecule is CCCC1CCCCN1c1nnc(C)c(C)c1C(N)=NO. The predicted molar refractivity (Wildman–Crippen MR) is 83.9 cm³/mol. The molecule has 2 heterocycles. The van der Waals surface area contributed by atoms with Crippen molar-refractivity contribution in [1.82, 2.24) is 10.2 Å². The molecule has 0 aromatic carbocycles. The van der Waals surface area contributed by atoms with Crippen LogP contribution in [0.3, 0.4) is 0 Å². The van der Waals surface area contributed by atoms with E-state index in [1.165, 1.54) is 6.42 Å². The van der Waals surface area contributed by atoms with Crippen LogP contribution in [0, 0.1) is 13.8 Å². The molecule has 1 atom stereocenters. The standard InChI is InChI=1S/C15H25N5O/c1-4-7-12-8-5-6-9-20(12)15-13(14(16)19-21)10(2)11(3)17-18-15/h12,21H,4-9H2,1-3H3,(H2,16,19). The Morgan fingerprint density at radius 3 is 2.81 bits per heavy atom. The van der Waals surface area contributed by atoms with E-state index in [4.69, 9.17) is 10.9 Å². The van der Waals surface area contributed by atoms with Crippen molar-refractivity contribution in [2.24, 2.45) is 10.9 Å². The largest absolute Gasteiger partial charge is 0.409 e. The smallest absolute Gasteiger partial charge is 0.174 e. The molecule has 21 heavy (non-hydrogen) atoms. The Morgan fingerprint density at radius 2 is 2.14 bits per heavy atom. The zero-order valence-electron chi connectivity index (χ0n) is 13.1. The topological polar surface area (TPSA) is 87.6 Å². The van der Waals surface area contributed by atoms with Crippen molar-refractivity contribution in [2.45, 2.75) is 58.9 Å². The summed E-state index contributed by atoms with van der Waals surface area (Å²) in [4.78, 5) is 2.29. The summed E-state index contributed by atoms with van der Waals surface area (Å²) in [6, 6.07) is 0.463. The van der Waals surface area contributed by atoms with Crippen molar-refractivity contribution in [1.29, 1.82) is 0 Å². The van der Waals surface area contributed by atoms with Crippen molar-refractivity contribution in [3.8, 4) is 0 Å². The highest BCUT2D eigenvalue weighted by atomic mass is 16.4. The molecule has 1 aliphatic rings. The van der Waals surface area contributed by atoms with E-state index in [2.05, 4.69) is 27.2 Å². The first-order chi connectivity index (χ1) is 10.1. The van der Waals surface area contributed by atoms with Crippen molar-refractivity contribution in [3.63, 3.8) is 0 Å². The molecule has 1 aromatic heterocycles. The fourth-order valence-corrected chi connectivity index (χ4v) is 3.07. The third kappa shape index (κ3) is 3.09. The Bertz CT molecular complexity index is 527. The van der Waals surface area contributed by atoms with E-state index >= 15 is 0 Å². The molecule has 3 N–H and O–H groups in total. The normalized spacial score (nSPS) is 19.9. The van der Waals surface area contributed by atoms with E-state index in [-0.39, 0.29) is 5.84 Å². The van der Waals surface area contributed by atoms with Crippen LogP contribution in [0.5, 0.6) is 0 Å². The lowest BCUT2D eigenvalue weighted by Gasteiger charge is -2.37. The van der Waals surface area contributed by atoms with E-state index < -0.39 is 0 Å². The predicted octanol–water partition coefficient (Wildman–Crippen LogP) is 2.35. The second kappa shape index (κ2) is 6.74. The summed E-state index contributed by atoms with van der Waals surface area (Å²) in [5.74, 6) is 0.868. The van der Waals surface area contributed by atoms with Gasteiger partial charge in [-0.3, -0.25) is 0 Å². The molecule has 0 spiro atoms. The number of nitrogens with two attached hydrogens (primary N) is 1. The minimum Gasteiger partial charge on any atom is -0.409 e. The number of oxime groups is 1. The lowest BCUT2D eigenvalue weighted by Crippen LogP contribution is -2.41. The van der Waals surface area contributed by atoms with Gasteiger partial charge in [0.1, 0.15) is 0 Å². The van der Waals surface area contributed by atoms with Gasteiger partial charge in [0, 0.05) is 12.6 Å². The number of amidine groups is 1. The lowest BCUT2D eigenvalue weighted by atomic mass is 9.97. The summed E-state index contributed by atoms with van der Waals surface area (Å²) in [5.41, 5.74) is 8.35. The molecule has 0 aliphatic carbocycles. The first kappa shape index (κ1) is 15.5. The summed E-state index contributed by atoms with van der Waals surface area (Å²) in [6.45, 7) is 6.98. The molecule has 6 nitrogen and oxygen atoms in total. The van der Waals surface area contributed by atoms with Crippen LogP contribution in [0.2, 0.25) is 0 Å². The first-order valence-electron chi connectivity index (χ1n) is 7.68. The molecular formula is C15H25N5O. The van der Waals surface area contributed by atoms with Crippen LogP contribution in [-0.4, -0.2) is 33.8 Å². The molecule has 0 saturated carbocycles. The van der Waals surface area contributed by atoms with Gasteiger partial charge < -0.3 is 15.8 Å². The Labute approximate surface area is 126 Å². The zero-order valence-corrected chi connectivity index (χ0v) is 13.1. The summed E-state index contributed by atoms with van der Waals surface area (Å²) in [6.07, 6.45) is 5.82. The number of nitrogens with zero attached hydrogens (tertiary/aromatic N) is 4. The van der Waals surface area contributed by atoms with Gasteiger partial charge in [0.05, 0.1) is 11.3 Å². The molecule has 116 valence electrons. The van der Waals surface area contributed by atoms with Gasteiger partial charge in [0.2, 0.25) is 0 Å². The van der Waals surface area contributed by atoms with Gasteiger partial charge in [-0.05, 0) is 45.1 Å². The first-order valence-corrected chi connectivity index (χ1v) is 7.68. The molecular weight excluding hydrogens is 266 g/mol. The van der Waals surface area contributed by atoms with Crippen molar-refractivity contribution in [3.05, 3.63) is 16.8 Å². The quantitative estimate of drug-likeness (QED) is 0.385. The van der Waals surface area contributed by atoms with Gasteiger partial charge in [0.25, 0.3) is 0 Å². The van der Waals surface area contributed by atoms with Crippen LogP contribution in [0.4, 0.5) is 5.82 Å². The summed E-state index contributed by atoms with van der Waals surface area (Å²) >= 11 is 0. The van der Waals surface area contributed by atoms with Gasteiger partial charge in [0.15, 0.2) is 11.7 Å². The van der Waals surface area contributed by atoms with E-state index in [0.29, 0.717) is 11.6 Å². The lowest BCUT2D eigenvalue weighted by molar-refractivity contribution is 0.318. The molecule has 1 unspecified atom stereocenters. The number of hydrogen-bond acceptors (Lipinski definition) is 5. The highest BCUT2D eigenvalue weighted by Gasteiger charge is 2.27. The zero-order chi connectivity index (χ0) is 15.4. The average Bonchev–Trinajstić information content (AvgIpc) is 2.50. The van der Waals surface area contributed by atoms with Crippen molar-refractivity contribution < 1.29 is 5.21 Å². The van der Waals surface area contributed by atoms with E-state index in [1.807, 2.05) is 13.8 Å². The maximum absolute atomic E-state index is 9.09. The number of aryl methyl sites for hydroxylation is 1. The van der Waals surface area contributed by atoms with Gasteiger partial charge in [-0.1, -0.05) is 18.5 Å². The Balaban J connectivity index is 2.49. The molecule has 6 heteroatoms. The van der Waals surface area contributed by atoms with Crippen LogP contribution in [0.15, 0.2) is 5.16 Å². The van der Waals surface area contributed by atoms with E-state index in [1.54, 1.807) is 0 Å². The molecule has 1 saturated heterocycles. The number of anilines is 1. The number of hydrogen-bond donors (Lipinski definition) is 2. The van der Waals surface area contributed by atoms with Crippen molar-refractivity contribution in [2.75, 3.05) is 11.4 Å². The molecule has 0 radical (unpaired) electrons. The van der Waals surface area contributed by atoms with Crippen LogP contribution in [-0.2, 0) is 0 Å². The highest BCUT2D eigenvalue weighted by molar-refractivity contribution is 6.02. The Kier molecular flexibility index (Phi) is 4.98. The summed E-state index contributed by atoms with van der Waals surface area (Å²) in [7, 11) is 0. The number of rotatable bonds is 4. The van der Waals surface area contributed by atoms with Crippen LogP contribution in [0.25, 0.3) is 0 Å². The van der Waals surface area contributed by atoms with Gasteiger partial charge in [-0.25, -0.2) is 0 Å². The Hall–Kier alpha value is -1.85. The minimum atomic E-state index is 0.112. The second-order valence-corrected chi connectivity index (χ2v) is 5.73. The fraction of sp³-hybridized carbons (Fsp3) is 0.667. The number of piperidine rings is 1. The third-order valence-electron chi connectivity index (χ3n) is 4.32. The molecule has 0 bridgehead atoms. The molecule has 1 fully saturated rings. The van der Waals surface area contributed by atoms with Crippen molar-refractivity contribution >= 4 is 11.7 Å². The minimum absolute atomic E-state index is 0.112. The Morgan fingerprint density at radius 1 is 1.38 bits per heavy atom. The molecule has 2 rings (SSSR count). The molecule has 1 aromatic rings. The second-order valence-electron chi connectivity index (χ2n) is 5.73. The average molecular weight is 291 g/mol. The maximum atomic E-state index is 9.09. The molecule has 0 amide bonds. The van der Waals surface area contributed by atoms with Crippen LogP contribution < -0.4 is 10.6 Å². The number of aromatic nitrogens is 2. The van der Waals surface area contributed by atoms with E-state index in [9.17, 15) is 0 Å². The monoisotopic (exact) mass is 291 g/mol. The van der Waals surface area contributed by atoms with Gasteiger partial charge in [-0.15, -0.1) is 5.10 Å². The fourth-order valence-electron chi connectivity index (χ4n) is 3.07. The van der Waals surface area contributed by atoms with Gasteiger partial charge >= 0.3 is 0 Å². The summed E-state index contributed by atoms with van der Waals surface area (Å²) in [5, 5.41) is 20.9. The highest BCUT2D eigenvalue weighted by Crippen LogP contribution is 2.30. The third-order valence-corrected chi connectivity index (χ3v) is 4.32. The van der Waals surface area contributed by atoms with Crippen LogP contribution >= 0.6 is 0 Å². The maximum Gasteiger partial charge on any atom is 0.174 e.